The number of methoxy groups -OCH3 is 3. The molecule has 130 valence electrons. The van der Waals surface area contributed by atoms with Crippen LogP contribution in [-0.2, 0) is 28.6 Å². The normalized spacial score (nSPS) is 26.7. The van der Waals surface area contributed by atoms with Crippen LogP contribution in [0.15, 0.2) is 30.3 Å². The second kappa shape index (κ2) is 7.41. The molecule has 0 amide bonds. The largest absolute Gasteiger partial charge is 0.469 e. The van der Waals surface area contributed by atoms with E-state index in [4.69, 9.17) is 9.47 Å². The molecule has 24 heavy (non-hydrogen) atoms. The fraction of sp³-hybridized carbons (Fsp3) is 0.438. The molecule has 0 saturated carbocycles. The van der Waals surface area contributed by atoms with E-state index in [9.17, 15) is 19.6 Å². The van der Waals surface area contributed by atoms with Crippen LogP contribution in [-0.4, -0.2) is 55.5 Å². The minimum absolute atomic E-state index is 0.552. The SMILES string of the molecule is COC(=O)[C@@H]1[C@H](C(=O)OC)[C@H](c2ccccc2)N(O)[C@@H]1C(=O)OC. The van der Waals surface area contributed by atoms with Gasteiger partial charge in [0.15, 0.2) is 0 Å². The number of hydrogen-bond donors (Lipinski definition) is 1. The van der Waals surface area contributed by atoms with Crippen molar-refractivity contribution in [1.82, 2.24) is 5.06 Å². The lowest BCUT2D eigenvalue weighted by Crippen LogP contribution is -2.43. The molecular formula is C16H19NO7. The van der Waals surface area contributed by atoms with E-state index in [1.807, 2.05) is 0 Å². The molecule has 0 aromatic heterocycles. The van der Waals surface area contributed by atoms with Crippen molar-refractivity contribution in [3.05, 3.63) is 35.9 Å². The molecule has 8 heteroatoms. The maximum absolute atomic E-state index is 12.3. The van der Waals surface area contributed by atoms with Gasteiger partial charge in [-0.3, -0.25) is 14.4 Å². The van der Waals surface area contributed by atoms with E-state index in [0.29, 0.717) is 10.6 Å². The van der Waals surface area contributed by atoms with E-state index in [-0.39, 0.29) is 0 Å². The fourth-order valence-corrected chi connectivity index (χ4v) is 3.10. The Kier molecular flexibility index (Phi) is 5.53. The minimum Gasteiger partial charge on any atom is -0.469 e. The second-order valence-corrected chi connectivity index (χ2v) is 5.30. The molecule has 1 aliphatic rings. The van der Waals surface area contributed by atoms with Crippen molar-refractivity contribution in [2.75, 3.05) is 21.3 Å². The van der Waals surface area contributed by atoms with Crippen molar-refractivity contribution < 1.29 is 33.8 Å². The van der Waals surface area contributed by atoms with Gasteiger partial charge in [-0.1, -0.05) is 30.3 Å². The predicted octanol–water partition coefficient (Wildman–Crippen LogP) is 0.552. The van der Waals surface area contributed by atoms with Crippen LogP contribution in [0, 0.1) is 11.8 Å². The summed E-state index contributed by atoms with van der Waals surface area (Å²) in [5.74, 6) is -4.77. The van der Waals surface area contributed by atoms with E-state index in [2.05, 4.69) is 4.74 Å². The predicted molar refractivity (Wildman–Crippen MR) is 79.6 cm³/mol. The highest BCUT2D eigenvalue weighted by atomic mass is 16.6. The van der Waals surface area contributed by atoms with E-state index in [1.54, 1.807) is 30.3 Å². The third-order valence-corrected chi connectivity index (χ3v) is 4.17. The summed E-state index contributed by atoms with van der Waals surface area (Å²) in [5, 5.41) is 11.2. The number of carbonyl (C=O) groups is 3. The molecule has 4 atom stereocenters. The third kappa shape index (κ3) is 2.98. The Hall–Kier alpha value is -2.45. The maximum atomic E-state index is 12.3. The van der Waals surface area contributed by atoms with Crippen molar-refractivity contribution in [2.45, 2.75) is 12.1 Å². The molecule has 8 nitrogen and oxygen atoms in total. The van der Waals surface area contributed by atoms with Crippen molar-refractivity contribution >= 4 is 17.9 Å². The molecule has 0 unspecified atom stereocenters. The summed E-state index contributed by atoms with van der Waals surface area (Å²) in [5.41, 5.74) is 0.552. The van der Waals surface area contributed by atoms with Crippen molar-refractivity contribution in [3.8, 4) is 0 Å². The van der Waals surface area contributed by atoms with Gasteiger partial charge >= 0.3 is 17.9 Å². The standard InChI is InChI=1S/C16H19NO7/c1-22-14(18)10-11(15(19)23-2)13(16(20)24-3)17(21)12(10)9-7-5-4-6-8-9/h4-8,10-13,21H,1-3H3/t10-,11+,12-,13-/m0/s1. The fourth-order valence-electron chi connectivity index (χ4n) is 3.10. The zero-order valence-electron chi connectivity index (χ0n) is 13.5. The summed E-state index contributed by atoms with van der Waals surface area (Å²) in [6.07, 6.45) is 0. The number of benzene rings is 1. The number of ether oxygens (including phenoxy) is 3. The zero-order chi connectivity index (χ0) is 17.9. The first kappa shape index (κ1) is 17.9. The first-order valence-corrected chi connectivity index (χ1v) is 7.23. The summed E-state index contributed by atoms with van der Waals surface area (Å²) < 4.78 is 14.2. The monoisotopic (exact) mass is 337 g/mol. The summed E-state index contributed by atoms with van der Waals surface area (Å²) in [7, 11) is 3.45. The summed E-state index contributed by atoms with van der Waals surface area (Å²) >= 11 is 0. The molecular weight excluding hydrogens is 318 g/mol. The number of hydrogen-bond acceptors (Lipinski definition) is 8. The summed E-state index contributed by atoms with van der Waals surface area (Å²) in [6, 6.07) is 6.23. The average Bonchev–Trinajstić information content (AvgIpc) is 2.93. The molecule has 1 N–H and O–H groups in total. The van der Waals surface area contributed by atoms with Crippen LogP contribution in [0.2, 0.25) is 0 Å². The lowest BCUT2D eigenvalue weighted by molar-refractivity contribution is -0.181. The highest BCUT2D eigenvalue weighted by Crippen LogP contribution is 2.45. The van der Waals surface area contributed by atoms with Crippen molar-refractivity contribution in [3.63, 3.8) is 0 Å². The van der Waals surface area contributed by atoms with Gasteiger partial charge in [0.05, 0.1) is 33.3 Å². The lowest BCUT2D eigenvalue weighted by Gasteiger charge is -2.23. The molecule has 1 saturated heterocycles. The quantitative estimate of drug-likeness (QED) is 0.628. The minimum atomic E-state index is -1.38. The van der Waals surface area contributed by atoms with Crippen LogP contribution in [0.3, 0.4) is 0 Å². The Morgan fingerprint density at radius 2 is 1.38 bits per heavy atom. The van der Waals surface area contributed by atoms with E-state index in [0.717, 1.165) is 14.2 Å². The van der Waals surface area contributed by atoms with Crippen LogP contribution in [0.1, 0.15) is 11.6 Å². The van der Waals surface area contributed by atoms with Gasteiger partial charge in [0.1, 0.15) is 12.0 Å². The molecule has 1 fully saturated rings. The lowest BCUT2D eigenvalue weighted by atomic mass is 9.84. The van der Waals surface area contributed by atoms with Gasteiger partial charge < -0.3 is 19.4 Å². The van der Waals surface area contributed by atoms with Crippen molar-refractivity contribution in [2.24, 2.45) is 11.8 Å². The number of esters is 3. The molecule has 1 heterocycles. The topological polar surface area (TPSA) is 102 Å². The Morgan fingerprint density at radius 3 is 1.88 bits per heavy atom. The Bertz CT molecular complexity index is 618. The number of rotatable bonds is 4. The van der Waals surface area contributed by atoms with Gasteiger partial charge in [0.2, 0.25) is 0 Å². The van der Waals surface area contributed by atoms with Gasteiger partial charge in [-0.2, -0.15) is 5.06 Å². The number of nitrogens with zero attached hydrogens (tertiary/aromatic N) is 1. The first-order chi connectivity index (χ1) is 11.5. The van der Waals surface area contributed by atoms with Gasteiger partial charge in [0.25, 0.3) is 0 Å². The number of hydroxylamine groups is 2. The molecule has 0 radical (unpaired) electrons. The highest BCUT2D eigenvalue weighted by molar-refractivity contribution is 5.90. The van der Waals surface area contributed by atoms with Crippen LogP contribution < -0.4 is 0 Å². The molecule has 0 aliphatic carbocycles. The summed E-state index contributed by atoms with van der Waals surface area (Å²) in [4.78, 5) is 36.6. The maximum Gasteiger partial charge on any atom is 0.326 e. The average molecular weight is 337 g/mol. The Balaban J connectivity index is 2.58. The van der Waals surface area contributed by atoms with Crippen molar-refractivity contribution in [1.29, 1.82) is 0 Å². The summed E-state index contributed by atoms with van der Waals surface area (Å²) in [6.45, 7) is 0. The molecule has 1 aromatic carbocycles. The van der Waals surface area contributed by atoms with E-state index >= 15 is 0 Å². The Labute approximate surface area is 138 Å². The van der Waals surface area contributed by atoms with E-state index in [1.165, 1.54) is 7.11 Å². The smallest absolute Gasteiger partial charge is 0.326 e. The van der Waals surface area contributed by atoms with Gasteiger partial charge in [-0.05, 0) is 5.56 Å². The molecule has 1 aliphatic heterocycles. The van der Waals surface area contributed by atoms with Gasteiger partial charge in [0, 0.05) is 0 Å². The molecule has 1 aromatic rings. The molecule has 0 spiro atoms. The van der Waals surface area contributed by atoms with E-state index < -0.39 is 41.8 Å². The third-order valence-electron chi connectivity index (χ3n) is 4.17. The van der Waals surface area contributed by atoms with Crippen LogP contribution in [0.25, 0.3) is 0 Å². The van der Waals surface area contributed by atoms with Crippen LogP contribution in [0.5, 0.6) is 0 Å². The van der Waals surface area contributed by atoms with Crippen LogP contribution in [0.4, 0.5) is 0 Å². The van der Waals surface area contributed by atoms with Gasteiger partial charge in [-0.15, -0.1) is 0 Å². The number of carbonyl (C=O) groups excluding carboxylic acids is 3. The zero-order valence-corrected chi connectivity index (χ0v) is 13.5. The van der Waals surface area contributed by atoms with Gasteiger partial charge in [-0.25, -0.2) is 0 Å². The second-order valence-electron chi connectivity index (χ2n) is 5.30. The van der Waals surface area contributed by atoms with Crippen LogP contribution >= 0.6 is 0 Å². The molecule has 2 rings (SSSR count). The Morgan fingerprint density at radius 1 is 0.875 bits per heavy atom. The molecule has 0 bridgehead atoms. The highest BCUT2D eigenvalue weighted by Gasteiger charge is 2.60. The first-order valence-electron chi connectivity index (χ1n) is 7.23.